The Morgan fingerprint density at radius 1 is 1.36 bits per heavy atom. The summed E-state index contributed by atoms with van der Waals surface area (Å²) < 4.78 is 18.8. The van der Waals surface area contributed by atoms with Crippen LogP contribution in [0.25, 0.3) is 11.1 Å². The van der Waals surface area contributed by atoms with Crippen molar-refractivity contribution >= 4 is 11.9 Å². The van der Waals surface area contributed by atoms with Gasteiger partial charge >= 0.3 is 5.97 Å². The molecule has 7 nitrogen and oxygen atoms in total. The lowest BCUT2D eigenvalue weighted by molar-refractivity contribution is -0.139. The monoisotopic (exact) mass is 347 g/mol. The van der Waals surface area contributed by atoms with E-state index >= 15 is 0 Å². The molecule has 1 aliphatic heterocycles. The molecule has 0 spiro atoms. The van der Waals surface area contributed by atoms with E-state index in [1.807, 2.05) is 4.90 Å². The lowest BCUT2D eigenvalue weighted by atomic mass is 10.1. The SMILES string of the molecule is O=C(O)COc1ccc(F)cc1-c1cnc(N2CCCC(O)C2)nc1. The first kappa shape index (κ1) is 17.1. The lowest BCUT2D eigenvalue weighted by Gasteiger charge is -2.29. The summed E-state index contributed by atoms with van der Waals surface area (Å²) in [5.74, 6) is -0.855. The first-order valence-electron chi connectivity index (χ1n) is 7.92. The van der Waals surface area contributed by atoms with Crippen LogP contribution in [0.1, 0.15) is 12.8 Å². The second kappa shape index (κ2) is 7.43. The predicted molar refractivity (Wildman–Crippen MR) is 88.0 cm³/mol. The molecule has 1 saturated heterocycles. The number of aliphatic carboxylic acids is 1. The topological polar surface area (TPSA) is 95.8 Å². The van der Waals surface area contributed by atoms with Gasteiger partial charge in [0.15, 0.2) is 6.61 Å². The summed E-state index contributed by atoms with van der Waals surface area (Å²) in [6, 6.07) is 3.83. The van der Waals surface area contributed by atoms with Crippen molar-refractivity contribution in [2.45, 2.75) is 18.9 Å². The van der Waals surface area contributed by atoms with Gasteiger partial charge in [0.25, 0.3) is 0 Å². The number of rotatable bonds is 5. The molecule has 1 fully saturated rings. The maximum atomic E-state index is 13.6. The smallest absolute Gasteiger partial charge is 0.341 e. The first-order valence-corrected chi connectivity index (χ1v) is 7.92. The average Bonchev–Trinajstić information content (AvgIpc) is 2.60. The third kappa shape index (κ3) is 4.21. The normalized spacial score (nSPS) is 17.4. The van der Waals surface area contributed by atoms with Crippen molar-refractivity contribution in [2.24, 2.45) is 0 Å². The molecule has 0 aliphatic carbocycles. The largest absolute Gasteiger partial charge is 0.481 e. The summed E-state index contributed by atoms with van der Waals surface area (Å²) in [6.45, 7) is 0.721. The Labute approximate surface area is 143 Å². The third-order valence-electron chi connectivity index (χ3n) is 3.92. The zero-order valence-corrected chi connectivity index (χ0v) is 13.4. The van der Waals surface area contributed by atoms with Gasteiger partial charge in [0.2, 0.25) is 5.95 Å². The van der Waals surface area contributed by atoms with Gasteiger partial charge in [-0.05, 0) is 31.0 Å². The molecule has 3 rings (SSSR count). The fourth-order valence-electron chi connectivity index (χ4n) is 2.75. The number of hydrogen-bond donors (Lipinski definition) is 2. The van der Waals surface area contributed by atoms with Gasteiger partial charge in [0.05, 0.1) is 6.10 Å². The van der Waals surface area contributed by atoms with E-state index in [9.17, 15) is 14.3 Å². The molecule has 25 heavy (non-hydrogen) atoms. The molecule has 2 heterocycles. The quantitative estimate of drug-likeness (QED) is 0.850. The lowest BCUT2D eigenvalue weighted by Crippen LogP contribution is -2.39. The average molecular weight is 347 g/mol. The van der Waals surface area contributed by atoms with Crippen molar-refractivity contribution in [3.05, 3.63) is 36.4 Å². The van der Waals surface area contributed by atoms with Crippen molar-refractivity contribution in [3.8, 4) is 16.9 Å². The van der Waals surface area contributed by atoms with E-state index in [0.29, 0.717) is 23.6 Å². The minimum atomic E-state index is -1.12. The maximum absolute atomic E-state index is 13.6. The number of carbonyl (C=O) groups is 1. The molecule has 1 aromatic carbocycles. The van der Waals surface area contributed by atoms with Crippen LogP contribution in [0.2, 0.25) is 0 Å². The number of carboxylic acids is 1. The van der Waals surface area contributed by atoms with E-state index in [0.717, 1.165) is 19.4 Å². The van der Waals surface area contributed by atoms with Crippen molar-refractivity contribution in [2.75, 3.05) is 24.6 Å². The molecule has 0 amide bonds. The highest BCUT2D eigenvalue weighted by Crippen LogP contribution is 2.30. The van der Waals surface area contributed by atoms with E-state index in [-0.39, 0.29) is 5.75 Å². The van der Waals surface area contributed by atoms with Gasteiger partial charge in [-0.1, -0.05) is 0 Å². The van der Waals surface area contributed by atoms with Crippen LogP contribution in [-0.4, -0.2) is 52.0 Å². The van der Waals surface area contributed by atoms with Gasteiger partial charge in [0.1, 0.15) is 11.6 Å². The number of piperidine rings is 1. The highest BCUT2D eigenvalue weighted by atomic mass is 19.1. The molecule has 132 valence electrons. The summed E-state index contributed by atoms with van der Waals surface area (Å²) in [4.78, 5) is 21.2. The van der Waals surface area contributed by atoms with Gasteiger partial charge < -0.3 is 19.8 Å². The Hall–Kier alpha value is -2.74. The predicted octanol–water partition coefficient (Wildman–Crippen LogP) is 1.71. The van der Waals surface area contributed by atoms with Gasteiger partial charge in [-0.3, -0.25) is 0 Å². The van der Waals surface area contributed by atoms with E-state index < -0.39 is 24.5 Å². The number of benzene rings is 1. The summed E-state index contributed by atoms with van der Waals surface area (Å²) in [7, 11) is 0. The van der Waals surface area contributed by atoms with Crippen molar-refractivity contribution < 1.29 is 24.1 Å². The summed E-state index contributed by atoms with van der Waals surface area (Å²) in [6.07, 6.45) is 4.31. The van der Waals surface area contributed by atoms with E-state index in [1.54, 1.807) is 0 Å². The van der Waals surface area contributed by atoms with Crippen LogP contribution in [0.3, 0.4) is 0 Å². The molecule has 2 N–H and O–H groups in total. The number of ether oxygens (including phenoxy) is 1. The van der Waals surface area contributed by atoms with E-state index in [2.05, 4.69) is 9.97 Å². The Balaban J connectivity index is 1.84. The zero-order valence-electron chi connectivity index (χ0n) is 13.4. The molecular formula is C17H18FN3O4. The number of aromatic nitrogens is 2. The summed E-state index contributed by atoms with van der Waals surface area (Å²) in [5.41, 5.74) is 0.896. The highest BCUT2D eigenvalue weighted by molar-refractivity contribution is 5.72. The number of anilines is 1. The van der Waals surface area contributed by atoms with Crippen molar-refractivity contribution in [1.29, 1.82) is 0 Å². The zero-order chi connectivity index (χ0) is 17.8. The number of halogens is 1. The van der Waals surface area contributed by atoms with Crippen molar-refractivity contribution in [1.82, 2.24) is 9.97 Å². The minimum absolute atomic E-state index is 0.244. The minimum Gasteiger partial charge on any atom is -0.481 e. The Kier molecular flexibility index (Phi) is 5.08. The first-order chi connectivity index (χ1) is 12.0. The van der Waals surface area contributed by atoms with Crippen LogP contribution >= 0.6 is 0 Å². The van der Waals surface area contributed by atoms with Crippen LogP contribution in [0.15, 0.2) is 30.6 Å². The Morgan fingerprint density at radius 3 is 2.80 bits per heavy atom. The van der Waals surface area contributed by atoms with Gasteiger partial charge in [-0.15, -0.1) is 0 Å². The van der Waals surface area contributed by atoms with Crippen LogP contribution in [0.5, 0.6) is 5.75 Å². The van der Waals surface area contributed by atoms with E-state index in [1.165, 1.54) is 30.6 Å². The standard InChI is InChI=1S/C17H18FN3O4/c18-12-3-4-15(25-10-16(23)24)14(6-12)11-7-19-17(20-8-11)21-5-1-2-13(22)9-21/h3-4,6-8,13,22H,1-2,5,9-10H2,(H,23,24). The molecule has 1 aliphatic rings. The maximum Gasteiger partial charge on any atom is 0.341 e. The summed E-state index contributed by atoms with van der Waals surface area (Å²) in [5, 5.41) is 18.5. The van der Waals surface area contributed by atoms with Crippen LogP contribution in [0, 0.1) is 5.82 Å². The third-order valence-corrected chi connectivity index (χ3v) is 3.92. The van der Waals surface area contributed by atoms with Crippen molar-refractivity contribution in [3.63, 3.8) is 0 Å². The van der Waals surface area contributed by atoms with Crippen LogP contribution < -0.4 is 9.64 Å². The Bertz CT molecular complexity index is 754. The fourth-order valence-corrected chi connectivity index (χ4v) is 2.75. The van der Waals surface area contributed by atoms with Crippen LogP contribution in [0.4, 0.5) is 10.3 Å². The second-order valence-corrected chi connectivity index (χ2v) is 5.84. The fraction of sp³-hybridized carbons (Fsp3) is 0.353. The molecule has 1 aromatic heterocycles. The molecule has 0 bridgehead atoms. The van der Waals surface area contributed by atoms with Gasteiger partial charge in [-0.2, -0.15) is 0 Å². The van der Waals surface area contributed by atoms with Gasteiger partial charge in [-0.25, -0.2) is 19.2 Å². The highest BCUT2D eigenvalue weighted by Gasteiger charge is 2.20. The number of β-amino-alcohol motifs (C(OH)–C–C–N with tert-alkyl or cyclic N) is 1. The molecule has 8 heteroatoms. The summed E-state index contributed by atoms with van der Waals surface area (Å²) >= 11 is 0. The number of hydrogen-bond acceptors (Lipinski definition) is 6. The number of nitrogens with zero attached hydrogens (tertiary/aromatic N) is 3. The molecule has 0 radical (unpaired) electrons. The Morgan fingerprint density at radius 2 is 2.12 bits per heavy atom. The molecule has 1 unspecified atom stereocenters. The molecule has 2 aromatic rings. The molecule has 1 atom stereocenters. The number of aliphatic hydroxyl groups excluding tert-OH is 1. The van der Waals surface area contributed by atoms with Crippen LogP contribution in [-0.2, 0) is 4.79 Å². The number of carboxylic acid groups (broad SMARTS) is 1. The molecule has 0 saturated carbocycles. The van der Waals surface area contributed by atoms with Gasteiger partial charge in [0, 0.05) is 36.6 Å². The molecular weight excluding hydrogens is 329 g/mol. The number of aliphatic hydroxyl groups is 1. The second-order valence-electron chi connectivity index (χ2n) is 5.84. The van der Waals surface area contributed by atoms with E-state index in [4.69, 9.17) is 9.84 Å².